The molecule has 2 heterocycles. The Hall–Kier alpha value is -0.870. The number of nitrogens with zero attached hydrogens (tertiary/aromatic N) is 2. The van der Waals surface area contributed by atoms with E-state index in [2.05, 4.69) is 18.9 Å². The van der Waals surface area contributed by atoms with Gasteiger partial charge in [0.25, 0.3) is 0 Å². The number of ether oxygens (including phenoxy) is 1. The molecule has 0 radical (unpaired) electrons. The zero-order chi connectivity index (χ0) is 10.8. The zero-order valence-corrected chi connectivity index (χ0v) is 9.39. The molecule has 1 saturated heterocycles. The molecule has 15 heavy (non-hydrogen) atoms. The number of hydrogen-bond acceptors (Lipinski definition) is 3. The van der Waals surface area contributed by atoms with Gasteiger partial charge in [0.15, 0.2) is 0 Å². The number of aromatic nitrogens is 2. The van der Waals surface area contributed by atoms with E-state index < -0.39 is 0 Å². The van der Waals surface area contributed by atoms with Gasteiger partial charge in [0.2, 0.25) is 0 Å². The van der Waals surface area contributed by atoms with Crippen LogP contribution in [-0.4, -0.2) is 22.5 Å². The van der Waals surface area contributed by atoms with Gasteiger partial charge in [0.1, 0.15) is 0 Å². The van der Waals surface area contributed by atoms with Gasteiger partial charge in [-0.2, -0.15) is 5.10 Å². The molecule has 1 aliphatic heterocycles. The van der Waals surface area contributed by atoms with Crippen LogP contribution in [0.3, 0.4) is 0 Å². The van der Waals surface area contributed by atoms with Crippen molar-refractivity contribution in [3.05, 3.63) is 18.0 Å². The Morgan fingerprint density at radius 1 is 1.73 bits per heavy atom. The molecule has 4 heteroatoms. The number of hydrogen-bond donors (Lipinski definition) is 1. The van der Waals surface area contributed by atoms with Crippen molar-refractivity contribution in [1.29, 1.82) is 0 Å². The lowest BCUT2D eigenvalue weighted by molar-refractivity contribution is 0.118. The second kappa shape index (κ2) is 4.33. The van der Waals surface area contributed by atoms with Gasteiger partial charge in [-0.3, -0.25) is 4.68 Å². The highest BCUT2D eigenvalue weighted by Gasteiger charge is 2.28. The summed E-state index contributed by atoms with van der Waals surface area (Å²) in [5.74, 6) is 0.439. The molecule has 3 unspecified atom stereocenters. The summed E-state index contributed by atoms with van der Waals surface area (Å²) in [5, 5.41) is 4.24. The zero-order valence-electron chi connectivity index (χ0n) is 9.39. The van der Waals surface area contributed by atoms with Crippen LogP contribution < -0.4 is 5.73 Å². The smallest absolute Gasteiger partial charge is 0.0551 e. The van der Waals surface area contributed by atoms with Crippen molar-refractivity contribution in [2.45, 2.75) is 39.0 Å². The summed E-state index contributed by atoms with van der Waals surface area (Å²) in [5.41, 5.74) is 7.32. The largest absolute Gasteiger partial charge is 0.378 e. The van der Waals surface area contributed by atoms with E-state index in [-0.39, 0.29) is 6.04 Å². The van der Waals surface area contributed by atoms with Gasteiger partial charge in [-0.05, 0) is 20.3 Å². The van der Waals surface area contributed by atoms with E-state index in [1.54, 1.807) is 0 Å². The van der Waals surface area contributed by atoms with Crippen LogP contribution >= 0.6 is 0 Å². The Labute approximate surface area is 90.4 Å². The van der Waals surface area contributed by atoms with E-state index >= 15 is 0 Å². The van der Waals surface area contributed by atoms with Gasteiger partial charge in [0.05, 0.1) is 18.9 Å². The third-order valence-corrected chi connectivity index (χ3v) is 3.10. The van der Waals surface area contributed by atoms with Gasteiger partial charge in [-0.15, -0.1) is 0 Å². The third-order valence-electron chi connectivity index (χ3n) is 3.10. The quantitative estimate of drug-likeness (QED) is 0.817. The van der Waals surface area contributed by atoms with E-state index in [9.17, 15) is 0 Å². The summed E-state index contributed by atoms with van der Waals surface area (Å²) in [6.45, 7) is 5.84. The van der Waals surface area contributed by atoms with Gasteiger partial charge in [0, 0.05) is 30.3 Å². The minimum atomic E-state index is 0.0650. The summed E-state index contributed by atoms with van der Waals surface area (Å²) in [6, 6.07) is 0.0650. The van der Waals surface area contributed by atoms with Crippen LogP contribution in [0.2, 0.25) is 0 Å². The third kappa shape index (κ3) is 2.21. The van der Waals surface area contributed by atoms with E-state index in [4.69, 9.17) is 10.5 Å². The molecule has 0 bridgehead atoms. The number of nitrogens with two attached hydrogens (primary N) is 1. The lowest BCUT2D eigenvalue weighted by Crippen LogP contribution is -2.21. The van der Waals surface area contributed by atoms with Gasteiger partial charge < -0.3 is 10.5 Å². The molecular weight excluding hydrogens is 190 g/mol. The first-order chi connectivity index (χ1) is 7.20. The van der Waals surface area contributed by atoms with E-state index in [0.29, 0.717) is 12.0 Å². The van der Waals surface area contributed by atoms with Crippen LogP contribution in [0.15, 0.2) is 12.4 Å². The maximum atomic E-state index is 6.20. The summed E-state index contributed by atoms with van der Waals surface area (Å²) < 4.78 is 7.45. The fraction of sp³-hybridized carbons (Fsp3) is 0.727. The maximum Gasteiger partial charge on any atom is 0.0551 e. The van der Waals surface area contributed by atoms with Crippen LogP contribution in [0.1, 0.15) is 31.9 Å². The Balaban J connectivity index is 2.03. The van der Waals surface area contributed by atoms with Crippen molar-refractivity contribution >= 4 is 0 Å². The minimum Gasteiger partial charge on any atom is -0.378 e. The molecule has 0 aliphatic carbocycles. The van der Waals surface area contributed by atoms with E-state index in [0.717, 1.165) is 25.1 Å². The van der Waals surface area contributed by atoms with Gasteiger partial charge in [-0.25, -0.2) is 0 Å². The molecule has 1 aromatic rings. The van der Waals surface area contributed by atoms with Crippen molar-refractivity contribution in [3.63, 3.8) is 0 Å². The average Bonchev–Trinajstić information content (AvgIpc) is 2.84. The molecule has 0 amide bonds. The molecule has 3 atom stereocenters. The molecule has 84 valence electrons. The van der Waals surface area contributed by atoms with Crippen LogP contribution in [0.5, 0.6) is 0 Å². The second-order valence-electron chi connectivity index (χ2n) is 4.29. The molecule has 4 nitrogen and oxygen atoms in total. The first kappa shape index (κ1) is 10.6. The van der Waals surface area contributed by atoms with Crippen LogP contribution in [0, 0.1) is 5.92 Å². The Kier molecular flexibility index (Phi) is 3.07. The Bertz CT molecular complexity index is 323. The monoisotopic (exact) mass is 209 g/mol. The highest BCUT2D eigenvalue weighted by Crippen LogP contribution is 2.29. The first-order valence-corrected chi connectivity index (χ1v) is 5.60. The summed E-state index contributed by atoms with van der Waals surface area (Å²) in [4.78, 5) is 0. The molecule has 2 rings (SSSR count). The highest BCUT2D eigenvalue weighted by atomic mass is 16.5. The Morgan fingerprint density at radius 2 is 2.53 bits per heavy atom. The topological polar surface area (TPSA) is 53.1 Å². The molecule has 1 aromatic heterocycles. The number of aryl methyl sites for hydroxylation is 1. The predicted molar refractivity (Wildman–Crippen MR) is 58.4 cm³/mol. The minimum absolute atomic E-state index is 0.0650. The predicted octanol–water partition coefficient (Wildman–Crippen LogP) is 1.33. The molecule has 1 aliphatic rings. The fourth-order valence-corrected chi connectivity index (χ4v) is 2.10. The lowest BCUT2D eigenvalue weighted by atomic mass is 9.94. The van der Waals surface area contributed by atoms with Crippen molar-refractivity contribution in [2.24, 2.45) is 11.7 Å². The SMILES string of the molecule is CCn1cc(C(N)C2COC(C)C2)cn1. The Morgan fingerprint density at radius 3 is 3.07 bits per heavy atom. The fourth-order valence-electron chi connectivity index (χ4n) is 2.10. The first-order valence-electron chi connectivity index (χ1n) is 5.60. The van der Waals surface area contributed by atoms with Crippen molar-refractivity contribution in [3.8, 4) is 0 Å². The molecule has 0 spiro atoms. The lowest BCUT2D eigenvalue weighted by Gasteiger charge is -2.15. The highest BCUT2D eigenvalue weighted by molar-refractivity contribution is 5.11. The summed E-state index contributed by atoms with van der Waals surface area (Å²) in [7, 11) is 0. The van der Waals surface area contributed by atoms with Crippen molar-refractivity contribution in [1.82, 2.24) is 9.78 Å². The standard InChI is InChI=1S/C11H19N3O/c1-3-14-6-10(5-13-14)11(12)9-4-8(2)15-7-9/h5-6,8-9,11H,3-4,7,12H2,1-2H3. The maximum absolute atomic E-state index is 6.20. The molecule has 1 fully saturated rings. The van der Waals surface area contributed by atoms with E-state index in [1.807, 2.05) is 17.1 Å². The average molecular weight is 209 g/mol. The summed E-state index contributed by atoms with van der Waals surface area (Å²) >= 11 is 0. The van der Waals surface area contributed by atoms with Crippen molar-refractivity contribution < 1.29 is 4.74 Å². The van der Waals surface area contributed by atoms with Crippen LogP contribution in [0.4, 0.5) is 0 Å². The number of rotatable bonds is 3. The second-order valence-corrected chi connectivity index (χ2v) is 4.29. The van der Waals surface area contributed by atoms with Gasteiger partial charge >= 0.3 is 0 Å². The summed E-state index contributed by atoms with van der Waals surface area (Å²) in [6.07, 6.45) is 5.31. The van der Waals surface area contributed by atoms with E-state index in [1.165, 1.54) is 0 Å². The molecule has 2 N–H and O–H groups in total. The van der Waals surface area contributed by atoms with Crippen LogP contribution in [-0.2, 0) is 11.3 Å². The normalized spacial score (nSPS) is 28.2. The van der Waals surface area contributed by atoms with Crippen molar-refractivity contribution in [2.75, 3.05) is 6.61 Å². The molecule has 0 saturated carbocycles. The van der Waals surface area contributed by atoms with Gasteiger partial charge in [-0.1, -0.05) is 0 Å². The molecular formula is C11H19N3O. The van der Waals surface area contributed by atoms with Crippen LogP contribution in [0.25, 0.3) is 0 Å². The molecule has 0 aromatic carbocycles.